The van der Waals surface area contributed by atoms with Crippen molar-refractivity contribution < 1.29 is 18.8 Å². The lowest BCUT2D eigenvalue weighted by atomic mass is 10.4. The van der Waals surface area contributed by atoms with Crippen LogP contribution in [-0.4, -0.2) is 28.0 Å². The maximum atomic E-state index is 13.2. The first-order valence-electron chi connectivity index (χ1n) is 4.81. The van der Waals surface area contributed by atoms with Crippen LogP contribution in [0.2, 0.25) is 0 Å². The summed E-state index contributed by atoms with van der Waals surface area (Å²) in [5, 5.41) is 0. The molecule has 17 heavy (non-hydrogen) atoms. The Labute approximate surface area is 93.9 Å². The van der Waals surface area contributed by atoms with Gasteiger partial charge in [0.1, 0.15) is 0 Å². The van der Waals surface area contributed by atoms with Gasteiger partial charge >= 0.3 is 11.7 Å². The largest absolute Gasteiger partial charge is 0.371 e. The van der Waals surface area contributed by atoms with Crippen LogP contribution in [0.5, 0.6) is 0 Å². The van der Waals surface area contributed by atoms with Crippen LogP contribution in [0.25, 0.3) is 0 Å². The van der Waals surface area contributed by atoms with Crippen molar-refractivity contribution in [2.45, 2.75) is 19.6 Å². The van der Waals surface area contributed by atoms with Crippen LogP contribution in [0.4, 0.5) is 4.39 Å². The van der Waals surface area contributed by atoms with Crippen LogP contribution in [0, 0.1) is 5.82 Å². The lowest BCUT2D eigenvalue weighted by Crippen LogP contribution is -2.44. The molecule has 1 aliphatic heterocycles. The number of hydrogen-bond acceptors (Lipinski definition) is 5. The molecular weight excluding hydrogens is 235 g/mol. The Hall–Kier alpha value is -1.96. The summed E-state index contributed by atoms with van der Waals surface area (Å²) in [6.45, 7) is 1.41. The maximum absolute atomic E-state index is 13.2. The van der Waals surface area contributed by atoms with Crippen molar-refractivity contribution in [3.63, 3.8) is 0 Å². The van der Waals surface area contributed by atoms with E-state index in [1.165, 1.54) is 0 Å². The second-order valence-electron chi connectivity index (χ2n) is 3.54. The molecule has 0 N–H and O–H groups in total. The fourth-order valence-electron chi connectivity index (χ4n) is 1.29. The molecule has 1 aromatic heterocycles. The van der Waals surface area contributed by atoms with Gasteiger partial charge in [-0.2, -0.15) is 4.39 Å². The van der Waals surface area contributed by atoms with E-state index in [1.54, 1.807) is 0 Å². The summed E-state index contributed by atoms with van der Waals surface area (Å²) >= 11 is 0. The highest BCUT2D eigenvalue weighted by molar-refractivity contribution is 5.66. The SMILES string of the molecule is CC(=O)On1cc(F)c(=O)n(C[C@H]2CO2)c1=O. The number of carbonyl (C=O) groups is 1. The van der Waals surface area contributed by atoms with E-state index in [0.717, 1.165) is 6.92 Å². The molecule has 0 unspecified atom stereocenters. The van der Waals surface area contributed by atoms with E-state index in [0.29, 0.717) is 22.1 Å². The number of halogens is 1. The van der Waals surface area contributed by atoms with Crippen LogP contribution in [0.3, 0.4) is 0 Å². The molecule has 1 aromatic rings. The van der Waals surface area contributed by atoms with Gasteiger partial charge in [-0.15, -0.1) is 4.73 Å². The third kappa shape index (κ3) is 2.41. The van der Waals surface area contributed by atoms with Crippen LogP contribution in [-0.2, 0) is 16.1 Å². The maximum Gasteiger partial charge on any atom is 0.364 e. The Morgan fingerprint density at radius 2 is 2.29 bits per heavy atom. The summed E-state index contributed by atoms with van der Waals surface area (Å²) in [4.78, 5) is 38.2. The Bertz CT molecular complexity index is 572. The normalized spacial score (nSPS) is 17.9. The summed E-state index contributed by atoms with van der Waals surface area (Å²) in [7, 11) is 0. The number of epoxide rings is 1. The van der Waals surface area contributed by atoms with E-state index < -0.39 is 23.0 Å². The first kappa shape index (κ1) is 11.5. The third-order valence-electron chi connectivity index (χ3n) is 2.11. The molecule has 2 heterocycles. The predicted octanol–water partition coefficient (Wildman–Crippen LogP) is -1.48. The molecule has 8 heteroatoms. The molecule has 0 aromatic carbocycles. The van der Waals surface area contributed by atoms with Crippen molar-refractivity contribution in [1.29, 1.82) is 0 Å². The molecule has 92 valence electrons. The Morgan fingerprint density at radius 3 is 2.82 bits per heavy atom. The summed E-state index contributed by atoms with van der Waals surface area (Å²) in [5.74, 6) is -1.97. The van der Waals surface area contributed by atoms with Crippen molar-refractivity contribution in [3.05, 3.63) is 32.9 Å². The zero-order valence-electron chi connectivity index (χ0n) is 8.88. The van der Waals surface area contributed by atoms with Gasteiger partial charge in [-0.3, -0.25) is 9.36 Å². The first-order chi connectivity index (χ1) is 7.99. The molecule has 0 aliphatic carbocycles. The Kier molecular flexibility index (Phi) is 2.80. The molecule has 1 fully saturated rings. The molecule has 2 rings (SSSR count). The smallest absolute Gasteiger partial charge is 0.364 e. The lowest BCUT2D eigenvalue weighted by molar-refractivity contribution is -0.142. The van der Waals surface area contributed by atoms with Crippen molar-refractivity contribution in [3.8, 4) is 0 Å². The topological polar surface area (TPSA) is 82.8 Å². The molecule has 1 aliphatic rings. The van der Waals surface area contributed by atoms with Crippen LogP contribution in [0.1, 0.15) is 6.92 Å². The summed E-state index contributed by atoms with van der Waals surface area (Å²) in [5.41, 5.74) is -1.98. The third-order valence-corrected chi connectivity index (χ3v) is 2.11. The molecule has 0 radical (unpaired) electrons. The molecule has 7 nitrogen and oxygen atoms in total. The quantitative estimate of drug-likeness (QED) is 0.606. The number of nitrogens with zero attached hydrogens (tertiary/aromatic N) is 2. The minimum atomic E-state index is -1.17. The first-order valence-corrected chi connectivity index (χ1v) is 4.81. The fraction of sp³-hybridized carbons (Fsp3) is 0.444. The van der Waals surface area contributed by atoms with Gasteiger partial charge in [0.05, 0.1) is 25.5 Å². The second kappa shape index (κ2) is 4.13. The van der Waals surface area contributed by atoms with Gasteiger partial charge in [-0.1, -0.05) is 0 Å². The van der Waals surface area contributed by atoms with E-state index in [9.17, 15) is 18.8 Å². The molecular formula is C9H9FN2O5. The van der Waals surface area contributed by atoms with Crippen molar-refractivity contribution >= 4 is 5.97 Å². The van der Waals surface area contributed by atoms with E-state index in [-0.39, 0.29) is 12.6 Å². The van der Waals surface area contributed by atoms with Gasteiger partial charge in [0, 0.05) is 6.92 Å². The average Bonchev–Trinajstić information content (AvgIpc) is 3.04. The van der Waals surface area contributed by atoms with E-state index in [2.05, 4.69) is 4.84 Å². The van der Waals surface area contributed by atoms with Gasteiger partial charge in [-0.05, 0) is 0 Å². The van der Waals surface area contributed by atoms with Crippen LogP contribution >= 0.6 is 0 Å². The van der Waals surface area contributed by atoms with Crippen molar-refractivity contribution in [2.24, 2.45) is 0 Å². The number of aromatic nitrogens is 2. The highest BCUT2D eigenvalue weighted by Gasteiger charge is 2.26. The number of rotatable bonds is 3. The van der Waals surface area contributed by atoms with Gasteiger partial charge in [0.25, 0.3) is 5.56 Å². The minimum Gasteiger partial charge on any atom is -0.371 e. The van der Waals surface area contributed by atoms with Gasteiger partial charge in [0.2, 0.25) is 5.82 Å². The van der Waals surface area contributed by atoms with E-state index >= 15 is 0 Å². The molecule has 1 atom stereocenters. The second-order valence-corrected chi connectivity index (χ2v) is 3.54. The Balaban J connectivity index is 2.47. The molecule has 0 bridgehead atoms. The zero-order valence-corrected chi connectivity index (χ0v) is 8.88. The van der Waals surface area contributed by atoms with Gasteiger partial charge in [0.15, 0.2) is 0 Å². The highest BCUT2D eigenvalue weighted by atomic mass is 19.1. The zero-order chi connectivity index (χ0) is 12.6. The van der Waals surface area contributed by atoms with Gasteiger partial charge < -0.3 is 9.57 Å². The number of carbonyl (C=O) groups excluding carboxylic acids is 1. The van der Waals surface area contributed by atoms with Crippen molar-refractivity contribution in [2.75, 3.05) is 6.61 Å². The molecule has 1 saturated heterocycles. The standard InChI is InChI=1S/C9H9FN2O5/c1-5(13)17-12-3-7(10)8(14)11(9(12)15)2-6-4-16-6/h3,6H,2,4H2,1H3/t6-/m0/s1. The molecule has 0 amide bonds. The lowest BCUT2D eigenvalue weighted by Gasteiger charge is -2.07. The predicted molar refractivity (Wildman–Crippen MR) is 51.9 cm³/mol. The Morgan fingerprint density at radius 1 is 1.65 bits per heavy atom. The monoisotopic (exact) mass is 244 g/mol. The fourth-order valence-corrected chi connectivity index (χ4v) is 1.29. The van der Waals surface area contributed by atoms with Crippen LogP contribution in [0.15, 0.2) is 15.8 Å². The number of ether oxygens (including phenoxy) is 1. The minimum absolute atomic E-state index is 0.0588. The summed E-state index contributed by atoms with van der Waals surface area (Å²) in [6.07, 6.45) is 0.268. The number of hydrogen-bond donors (Lipinski definition) is 0. The van der Waals surface area contributed by atoms with Crippen molar-refractivity contribution in [1.82, 2.24) is 9.30 Å². The average molecular weight is 244 g/mol. The highest BCUT2D eigenvalue weighted by Crippen LogP contribution is 2.09. The van der Waals surface area contributed by atoms with E-state index in [4.69, 9.17) is 4.74 Å². The summed E-state index contributed by atoms with van der Waals surface area (Å²) < 4.78 is 19.1. The molecule has 0 saturated carbocycles. The van der Waals surface area contributed by atoms with Crippen LogP contribution < -0.4 is 16.1 Å². The molecule has 0 spiro atoms. The summed E-state index contributed by atoms with van der Waals surface area (Å²) in [6, 6.07) is 0. The van der Waals surface area contributed by atoms with Gasteiger partial charge in [-0.25, -0.2) is 9.59 Å². The van der Waals surface area contributed by atoms with E-state index in [1.807, 2.05) is 0 Å².